The zero-order chi connectivity index (χ0) is 9.90. The van der Waals surface area contributed by atoms with Crippen molar-refractivity contribution in [2.24, 2.45) is 0 Å². The van der Waals surface area contributed by atoms with Gasteiger partial charge >= 0.3 is 6.18 Å². The molecule has 1 aromatic rings. The SMILES string of the molecule is FC(F)(F)C[C@H](Cl)c1ccccc1. The van der Waals surface area contributed by atoms with E-state index in [-0.39, 0.29) is 0 Å². The number of alkyl halides is 4. The Hall–Kier alpha value is -0.700. The summed E-state index contributed by atoms with van der Waals surface area (Å²) in [6.45, 7) is 0. The van der Waals surface area contributed by atoms with Gasteiger partial charge in [-0.05, 0) is 5.56 Å². The van der Waals surface area contributed by atoms with Crippen LogP contribution in [0, 0.1) is 0 Å². The van der Waals surface area contributed by atoms with E-state index in [4.69, 9.17) is 11.6 Å². The van der Waals surface area contributed by atoms with Gasteiger partial charge in [-0.2, -0.15) is 13.2 Å². The van der Waals surface area contributed by atoms with Gasteiger partial charge in [0.05, 0.1) is 11.8 Å². The van der Waals surface area contributed by atoms with Crippen molar-refractivity contribution in [1.82, 2.24) is 0 Å². The highest BCUT2D eigenvalue weighted by atomic mass is 35.5. The summed E-state index contributed by atoms with van der Waals surface area (Å²) >= 11 is 5.57. The lowest BCUT2D eigenvalue weighted by molar-refractivity contribution is -0.134. The number of rotatable bonds is 2. The third-order valence-corrected chi connectivity index (χ3v) is 1.98. The van der Waals surface area contributed by atoms with E-state index in [1.165, 1.54) is 0 Å². The minimum absolute atomic E-state index is 0.501. The lowest BCUT2D eigenvalue weighted by Crippen LogP contribution is -2.10. The van der Waals surface area contributed by atoms with Crippen molar-refractivity contribution < 1.29 is 13.2 Å². The molecular formula is C9H8ClF3. The van der Waals surface area contributed by atoms with E-state index >= 15 is 0 Å². The lowest BCUT2D eigenvalue weighted by Gasteiger charge is -2.11. The van der Waals surface area contributed by atoms with Gasteiger partial charge in [-0.3, -0.25) is 0 Å². The highest BCUT2D eigenvalue weighted by Crippen LogP contribution is 2.33. The van der Waals surface area contributed by atoms with E-state index in [9.17, 15) is 13.2 Å². The number of hydrogen-bond acceptors (Lipinski definition) is 0. The molecule has 0 fully saturated rings. The second-order valence-corrected chi connectivity index (χ2v) is 3.22. The summed E-state index contributed by atoms with van der Waals surface area (Å²) in [4.78, 5) is 0. The van der Waals surface area contributed by atoms with Crippen molar-refractivity contribution in [2.45, 2.75) is 18.0 Å². The summed E-state index contributed by atoms with van der Waals surface area (Å²) < 4.78 is 35.7. The Morgan fingerprint density at radius 2 is 1.69 bits per heavy atom. The molecule has 0 aromatic heterocycles. The minimum Gasteiger partial charge on any atom is -0.171 e. The molecule has 0 bridgehead atoms. The van der Waals surface area contributed by atoms with E-state index in [1.54, 1.807) is 30.3 Å². The molecule has 0 aliphatic rings. The second kappa shape index (κ2) is 4.01. The van der Waals surface area contributed by atoms with Gasteiger partial charge in [0.2, 0.25) is 0 Å². The predicted molar refractivity (Wildman–Crippen MR) is 45.7 cm³/mol. The van der Waals surface area contributed by atoms with Crippen LogP contribution in [0.3, 0.4) is 0 Å². The number of halogens is 4. The van der Waals surface area contributed by atoms with Crippen molar-refractivity contribution >= 4 is 11.6 Å². The maximum Gasteiger partial charge on any atom is 0.390 e. The highest BCUT2D eigenvalue weighted by Gasteiger charge is 2.31. The van der Waals surface area contributed by atoms with Crippen molar-refractivity contribution in [2.75, 3.05) is 0 Å². The van der Waals surface area contributed by atoms with E-state index in [0.717, 1.165) is 0 Å². The van der Waals surface area contributed by atoms with Crippen LogP contribution in [0.25, 0.3) is 0 Å². The van der Waals surface area contributed by atoms with E-state index in [2.05, 4.69) is 0 Å². The van der Waals surface area contributed by atoms with E-state index < -0.39 is 18.0 Å². The summed E-state index contributed by atoms with van der Waals surface area (Å²) in [5, 5.41) is -0.985. The van der Waals surface area contributed by atoms with Gasteiger partial charge in [0, 0.05) is 0 Å². The topological polar surface area (TPSA) is 0 Å². The first-order chi connectivity index (χ1) is 5.99. The van der Waals surface area contributed by atoms with Crippen LogP contribution >= 0.6 is 11.6 Å². The molecule has 1 rings (SSSR count). The van der Waals surface area contributed by atoms with Crippen LogP contribution in [0.15, 0.2) is 30.3 Å². The molecule has 0 spiro atoms. The summed E-state index contributed by atoms with van der Waals surface area (Å²) in [5.74, 6) is 0. The van der Waals surface area contributed by atoms with Crippen LogP contribution in [-0.4, -0.2) is 6.18 Å². The van der Waals surface area contributed by atoms with Gasteiger partial charge in [0.15, 0.2) is 0 Å². The largest absolute Gasteiger partial charge is 0.390 e. The van der Waals surface area contributed by atoms with Gasteiger partial charge < -0.3 is 0 Å². The molecule has 0 unspecified atom stereocenters. The molecular weight excluding hydrogens is 201 g/mol. The molecule has 0 nitrogen and oxygen atoms in total. The molecule has 1 atom stereocenters. The summed E-state index contributed by atoms with van der Waals surface area (Å²) in [5.41, 5.74) is 0.501. The van der Waals surface area contributed by atoms with Crippen molar-refractivity contribution in [3.05, 3.63) is 35.9 Å². The molecule has 0 radical (unpaired) electrons. The Morgan fingerprint density at radius 3 is 2.15 bits per heavy atom. The third-order valence-electron chi connectivity index (χ3n) is 1.57. The highest BCUT2D eigenvalue weighted by molar-refractivity contribution is 6.20. The molecule has 72 valence electrons. The average molecular weight is 209 g/mol. The van der Waals surface area contributed by atoms with Crippen LogP contribution in [0.1, 0.15) is 17.4 Å². The Bertz CT molecular complexity index is 255. The van der Waals surface area contributed by atoms with Crippen LogP contribution < -0.4 is 0 Å². The summed E-state index contributed by atoms with van der Waals surface area (Å²) in [6, 6.07) is 8.25. The Morgan fingerprint density at radius 1 is 1.15 bits per heavy atom. The molecule has 0 aliphatic heterocycles. The molecule has 0 aliphatic carbocycles. The third kappa shape index (κ3) is 3.68. The quantitative estimate of drug-likeness (QED) is 0.647. The van der Waals surface area contributed by atoms with Gasteiger partial charge in [-0.15, -0.1) is 11.6 Å². The van der Waals surface area contributed by atoms with Gasteiger partial charge in [-0.1, -0.05) is 30.3 Å². The molecule has 0 amide bonds. The smallest absolute Gasteiger partial charge is 0.171 e. The Labute approximate surface area is 79.3 Å². The molecule has 13 heavy (non-hydrogen) atoms. The second-order valence-electron chi connectivity index (χ2n) is 2.70. The minimum atomic E-state index is -4.21. The number of hydrogen-bond donors (Lipinski definition) is 0. The van der Waals surface area contributed by atoms with Gasteiger partial charge in [0.1, 0.15) is 0 Å². The fraction of sp³-hybridized carbons (Fsp3) is 0.333. The summed E-state index contributed by atoms with van der Waals surface area (Å²) in [6.07, 6.45) is -5.19. The Kier molecular flexibility index (Phi) is 3.20. The first-order valence-corrected chi connectivity index (χ1v) is 4.18. The fourth-order valence-electron chi connectivity index (χ4n) is 0.983. The predicted octanol–water partition coefficient (Wildman–Crippen LogP) is 3.92. The zero-order valence-corrected chi connectivity index (χ0v) is 7.44. The molecule has 0 saturated carbocycles. The van der Waals surface area contributed by atoms with Crippen molar-refractivity contribution in [3.8, 4) is 0 Å². The standard InChI is InChI=1S/C9H8ClF3/c10-8(6-9(11,12)13)7-4-2-1-3-5-7/h1-5,8H,6H2/t8-/m0/s1. The molecule has 0 saturated heterocycles. The summed E-state index contributed by atoms with van der Waals surface area (Å²) in [7, 11) is 0. The number of benzene rings is 1. The zero-order valence-electron chi connectivity index (χ0n) is 6.68. The molecule has 4 heteroatoms. The van der Waals surface area contributed by atoms with E-state index in [0.29, 0.717) is 5.56 Å². The normalized spacial score (nSPS) is 14.2. The van der Waals surface area contributed by atoms with Gasteiger partial charge in [-0.25, -0.2) is 0 Å². The maximum absolute atomic E-state index is 11.9. The average Bonchev–Trinajstić information content (AvgIpc) is 2.03. The first-order valence-electron chi connectivity index (χ1n) is 3.75. The van der Waals surface area contributed by atoms with Gasteiger partial charge in [0.25, 0.3) is 0 Å². The van der Waals surface area contributed by atoms with Crippen LogP contribution in [-0.2, 0) is 0 Å². The molecule has 0 heterocycles. The van der Waals surface area contributed by atoms with Crippen molar-refractivity contribution in [1.29, 1.82) is 0 Å². The maximum atomic E-state index is 11.9. The van der Waals surface area contributed by atoms with Crippen LogP contribution in [0.5, 0.6) is 0 Å². The first kappa shape index (κ1) is 10.4. The van der Waals surface area contributed by atoms with E-state index in [1.807, 2.05) is 0 Å². The molecule has 1 aromatic carbocycles. The van der Waals surface area contributed by atoms with Crippen molar-refractivity contribution in [3.63, 3.8) is 0 Å². The lowest BCUT2D eigenvalue weighted by atomic mass is 10.1. The molecule has 0 N–H and O–H groups in total. The Balaban J connectivity index is 2.64. The monoisotopic (exact) mass is 208 g/mol. The van der Waals surface area contributed by atoms with Crippen LogP contribution in [0.4, 0.5) is 13.2 Å². The fourth-order valence-corrected chi connectivity index (χ4v) is 1.30. The van der Waals surface area contributed by atoms with Crippen LogP contribution in [0.2, 0.25) is 0 Å².